The largest absolute Gasteiger partial charge is 0.619 e. The van der Waals surface area contributed by atoms with E-state index in [1.54, 1.807) is 6.92 Å². The Kier molecular flexibility index (Phi) is 7.58. The Hall–Kier alpha value is -2.21. The fraction of sp³-hybridized carbons (Fsp3) is 0.438. The molecule has 2 atom stereocenters. The van der Waals surface area contributed by atoms with Gasteiger partial charge in [0.15, 0.2) is 11.0 Å². The van der Waals surface area contributed by atoms with Crippen LogP contribution < -0.4 is 10.0 Å². The molecule has 2 aromatic heterocycles. The molecule has 2 aromatic rings. The van der Waals surface area contributed by atoms with Crippen LogP contribution in [0.3, 0.4) is 0 Å². The van der Waals surface area contributed by atoms with E-state index in [1.807, 2.05) is 0 Å². The van der Waals surface area contributed by atoms with Crippen molar-refractivity contribution in [2.75, 3.05) is 11.1 Å². The quantitative estimate of drug-likeness (QED) is 0.375. The van der Waals surface area contributed by atoms with Crippen LogP contribution in [-0.2, 0) is 15.6 Å². The molecule has 0 aliphatic rings. The van der Waals surface area contributed by atoms with Crippen molar-refractivity contribution < 1.29 is 31.3 Å². The highest BCUT2D eigenvalue weighted by Gasteiger charge is 2.29. The van der Waals surface area contributed by atoms with Crippen LogP contribution in [0, 0.1) is 11.0 Å². The number of aromatic nitrogens is 3. The fourth-order valence-electron chi connectivity index (χ4n) is 2.41. The number of pyridine rings is 1. The lowest BCUT2D eigenvalue weighted by Gasteiger charge is -2.15. The highest BCUT2D eigenvalue weighted by atomic mass is 35.5. The number of nitrogens with zero attached hydrogens (tertiary/aromatic N) is 3. The first kappa shape index (κ1) is 23.1. The van der Waals surface area contributed by atoms with E-state index in [2.05, 4.69) is 10.4 Å². The van der Waals surface area contributed by atoms with E-state index in [1.165, 1.54) is 6.20 Å². The van der Waals surface area contributed by atoms with Gasteiger partial charge in [-0.1, -0.05) is 18.5 Å². The van der Waals surface area contributed by atoms with Gasteiger partial charge in [-0.05, 0) is 6.42 Å². The van der Waals surface area contributed by atoms with E-state index >= 15 is 0 Å². The maximum Gasteiger partial charge on any atom is 0.390 e. The van der Waals surface area contributed by atoms with Crippen LogP contribution in [0.15, 0.2) is 24.7 Å². The first-order valence-electron chi connectivity index (χ1n) is 8.37. The van der Waals surface area contributed by atoms with Gasteiger partial charge in [-0.3, -0.25) is 9.00 Å². The number of nitrogens with one attached hydrogen (secondary N) is 1. The number of halogens is 5. The lowest BCUT2D eigenvalue weighted by Crippen LogP contribution is -2.26. The molecule has 1 N–H and O–H groups in total. The van der Waals surface area contributed by atoms with Crippen molar-refractivity contribution in [1.29, 1.82) is 0 Å². The predicted molar refractivity (Wildman–Crippen MR) is 98.5 cm³/mol. The standard InChI is InChI=1S/C16H17ClF4N4O3S/c1-2-12(29(28)4-3-16(19,20)21)6-14(26)22-13-9-25(23-15(13)17)11-5-10(18)7-24(27)8-11/h5,7-9,12H,2-4,6H2,1H3,(H,22,26). The summed E-state index contributed by atoms with van der Waals surface area (Å²) in [6.45, 7) is 1.62. The van der Waals surface area contributed by atoms with Crippen molar-refractivity contribution in [1.82, 2.24) is 9.78 Å². The number of hydrogen-bond acceptors (Lipinski definition) is 4. The molecule has 0 aliphatic carbocycles. The highest BCUT2D eigenvalue weighted by Crippen LogP contribution is 2.24. The second-order valence-electron chi connectivity index (χ2n) is 6.08. The Bertz CT molecular complexity index is 887. The normalized spacial score (nSPS) is 13.9. The number of carbonyl (C=O) groups excluding carboxylic acids is 1. The molecule has 13 heteroatoms. The average molecular weight is 457 g/mol. The average Bonchev–Trinajstić information content (AvgIpc) is 2.96. The summed E-state index contributed by atoms with van der Waals surface area (Å²) in [5, 5.41) is 16.7. The molecule has 29 heavy (non-hydrogen) atoms. The van der Waals surface area contributed by atoms with E-state index in [-0.39, 0.29) is 34.1 Å². The SMILES string of the molecule is CCC(CC(=O)Nc1cn(-c2cc(F)c[n+]([O-])c2)nc1Cl)S(=O)CCC(F)(F)F. The van der Waals surface area contributed by atoms with Gasteiger partial charge in [0.2, 0.25) is 18.3 Å². The third-order valence-corrected chi connectivity index (χ3v) is 5.96. The zero-order valence-electron chi connectivity index (χ0n) is 15.1. The van der Waals surface area contributed by atoms with E-state index in [0.29, 0.717) is 6.20 Å². The lowest BCUT2D eigenvalue weighted by molar-refractivity contribution is -0.606. The van der Waals surface area contributed by atoms with Crippen molar-refractivity contribution in [2.45, 2.75) is 37.6 Å². The van der Waals surface area contributed by atoms with Gasteiger partial charge >= 0.3 is 6.18 Å². The topological polar surface area (TPSA) is 90.9 Å². The smallest absolute Gasteiger partial charge is 0.390 e. The monoisotopic (exact) mass is 456 g/mol. The Morgan fingerprint density at radius 3 is 2.72 bits per heavy atom. The molecule has 0 spiro atoms. The van der Waals surface area contributed by atoms with E-state index in [9.17, 15) is 31.8 Å². The first-order valence-corrected chi connectivity index (χ1v) is 10.1. The van der Waals surface area contributed by atoms with Crippen LogP contribution in [0.1, 0.15) is 26.2 Å². The molecule has 1 amide bonds. The fourth-order valence-corrected chi connectivity index (χ4v) is 4.07. The molecule has 2 rings (SSSR count). The summed E-state index contributed by atoms with van der Waals surface area (Å²) in [6.07, 6.45) is -2.64. The van der Waals surface area contributed by atoms with Gasteiger partial charge in [-0.25, -0.2) is 9.07 Å². The number of rotatable bonds is 8. The molecule has 0 bridgehead atoms. The van der Waals surface area contributed by atoms with Gasteiger partial charge in [0.05, 0.1) is 18.3 Å². The minimum Gasteiger partial charge on any atom is -0.619 e. The van der Waals surface area contributed by atoms with Crippen molar-refractivity contribution in [2.24, 2.45) is 0 Å². The van der Waals surface area contributed by atoms with Gasteiger partial charge in [-0.15, -0.1) is 0 Å². The van der Waals surface area contributed by atoms with Gasteiger partial charge in [0.25, 0.3) is 0 Å². The van der Waals surface area contributed by atoms with Crippen LogP contribution in [0.4, 0.5) is 23.2 Å². The number of hydrogen-bond donors (Lipinski definition) is 1. The molecule has 0 fully saturated rings. The van der Waals surface area contributed by atoms with E-state index in [0.717, 1.165) is 16.9 Å². The molecule has 2 unspecified atom stereocenters. The number of alkyl halides is 3. The Balaban J connectivity index is 2.04. The van der Waals surface area contributed by atoms with Crippen LogP contribution >= 0.6 is 11.6 Å². The predicted octanol–water partition coefficient (Wildman–Crippen LogP) is 3.11. The van der Waals surface area contributed by atoms with E-state index in [4.69, 9.17) is 11.6 Å². The van der Waals surface area contributed by atoms with Crippen molar-refractivity contribution >= 4 is 34.0 Å². The number of amides is 1. The van der Waals surface area contributed by atoms with Crippen LogP contribution in [-0.4, -0.2) is 37.1 Å². The summed E-state index contributed by atoms with van der Waals surface area (Å²) in [7, 11) is -1.83. The van der Waals surface area contributed by atoms with Crippen LogP contribution in [0.25, 0.3) is 5.69 Å². The van der Waals surface area contributed by atoms with Gasteiger partial charge in [-0.2, -0.15) is 23.0 Å². The zero-order chi connectivity index (χ0) is 21.8. The second kappa shape index (κ2) is 9.53. The molecule has 2 heterocycles. The van der Waals surface area contributed by atoms with Crippen LogP contribution in [0.2, 0.25) is 5.15 Å². The molecule has 0 saturated carbocycles. The summed E-state index contributed by atoms with van der Waals surface area (Å²) < 4.78 is 63.6. The molecule has 0 radical (unpaired) electrons. The van der Waals surface area contributed by atoms with Crippen LogP contribution in [0.5, 0.6) is 0 Å². The minimum atomic E-state index is -4.42. The van der Waals surface area contributed by atoms with E-state index < -0.39 is 46.1 Å². The maximum absolute atomic E-state index is 13.4. The Labute approximate surface area is 170 Å². The second-order valence-corrected chi connectivity index (χ2v) is 8.28. The van der Waals surface area contributed by atoms with Gasteiger partial charge in [0, 0.05) is 34.3 Å². The summed E-state index contributed by atoms with van der Waals surface area (Å²) in [5.74, 6) is -2.00. The highest BCUT2D eigenvalue weighted by molar-refractivity contribution is 7.85. The molecule has 7 nitrogen and oxygen atoms in total. The maximum atomic E-state index is 13.4. The molecule has 160 valence electrons. The molecular formula is C16H17ClF4N4O3S. The Morgan fingerprint density at radius 1 is 1.45 bits per heavy atom. The molecule has 0 aliphatic heterocycles. The summed E-state index contributed by atoms with van der Waals surface area (Å²) in [6, 6.07) is 1.03. The zero-order valence-corrected chi connectivity index (χ0v) is 16.7. The van der Waals surface area contributed by atoms with Crippen molar-refractivity contribution in [3.05, 3.63) is 40.8 Å². The molecule has 0 saturated heterocycles. The third-order valence-electron chi connectivity index (χ3n) is 3.83. The van der Waals surface area contributed by atoms with Gasteiger partial charge in [0.1, 0.15) is 5.69 Å². The Morgan fingerprint density at radius 2 is 2.14 bits per heavy atom. The summed E-state index contributed by atoms with van der Waals surface area (Å²) in [4.78, 5) is 12.2. The lowest BCUT2D eigenvalue weighted by atomic mass is 10.2. The van der Waals surface area contributed by atoms with Crippen molar-refractivity contribution in [3.63, 3.8) is 0 Å². The summed E-state index contributed by atoms with van der Waals surface area (Å²) in [5.41, 5.74) is 0.108. The number of carbonyl (C=O) groups is 1. The minimum absolute atomic E-state index is 0.0503. The number of anilines is 1. The summed E-state index contributed by atoms with van der Waals surface area (Å²) >= 11 is 5.94. The first-order chi connectivity index (χ1) is 13.5. The molecule has 0 aromatic carbocycles. The van der Waals surface area contributed by atoms with Gasteiger partial charge < -0.3 is 10.5 Å². The third kappa shape index (κ3) is 6.96. The van der Waals surface area contributed by atoms with Crippen molar-refractivity contribution in [3.8, 4) is 5.69 Å². The molecular weight excluding hydrogens is 440 g/mol.